The number of hydrogen-bond acceptors (Lipinski definition) is 4. The molecule has 0 spiro atoms. The zero-order chi connectivity index (χ0) is 19.1. The molecule has 0 amide bonds. The van der Waals surface area contributed by atoms with E-state index in [4.69, 9.17) is 11.6 Å². The fourth-order valence-electron chi connectivity index (χ4n) is 3.49. The number of benzene rings is 2. The van der Waals surface area contributed by atoms with E-state index in [2.05, 4.69) is 45.4 Å². The van der Waals surface area contributed by atoms with Gasteiger partial charge in [-0.05, 0) is 42.3 Å². The molecule has 0 saturated carbocycles. The minimum Gasteiger partial charge on any atom is -0.254 e. The molecule has 1 atom stereocenters. The Labute approximate surface area is 166 Å². The summed E-state index contributed by atoms with van der Waals surface area (Å²) in [5.41, 5.74) is 5.88. The Morgan fingerprint density at radius 2 is 1.68 bits per heavy atom. The van der Waals surface area contributed by atoms with E-state index >= 15 is 0 Å². The van der Waals surface area contributed by atoms with Gasteiger partial charge in [-0.1, -0.05) is 53.2 Å². The zero-order valence-electron chi connectivity index (χ0n) is 15.1. The Balaban J connectivity index is 1.73. The Kier molecular flexibility index (Phi) is 4.02. The minimum absolute atomic E-state index is 0.0534. The van der Waals surface area contributed by atoms with E-state index in [0.29, 0.717) is 5.15 Å². The summed E-state index contributed by atoms with van der Waals surface area (Å²) in [4.78, 5) is 8.74. The molecular weight excluding hydrogens is 370 g/mol. The van der Waals surface area contributed by atoms with E-state index < -0.39 is 0 Å². The summed E-state index contributed by atoms with van der Waals surface area (Å²) in [6.07, 6.45) is 3.56. The van der Waals surface area contributed by atoms with Crippen molar-refractivity contribution < 1.29 is 0 Å². The maximum atomic E-state index is 5.93. The van der Waals surface area contributed by atoms with Gasteiger partial charge in [-0.3, -0.25) is 4.98 Å². The monoisotopic (exact) mass is 385 g/mol. The molecule has 5 rings (SSSR count). The Bertz CT molecular complexity index is 1280. The highest BCUT2D eigenvalue weighted by atomic mass is 35.5. The minimum atomic E-state index is 0.0534. The topological polar surface area (TPSA) is 56.5 Å². The zero-order valence-corrected chi connectivity index (χ0v) is 15.9. The van der Waals surface area contributed by atoms with Crippen LogP contribution in [0.15, 0.2) is 73.1 Å². The molecular formula is C22H16ClN5. The SMILES string of the molecule is C[C@@H](c1ccccc1)n1nnc2cnc3ccc(-c4ccc(Cl)nc4)cc3c21. The van der Waals surface area contributed by atoms with Crippen molar-refractivity contribution in [3.63, 3.8) is 0 Å². The first-order valence-electron chi connectivity index (χ1n) is 9.01. The van der Waals surface area contributed by atoms with Gasteiger partial charge in [-0.25, -0.2) is 9.67 Å². The van der Waals surface area contributed by atoms with Gasteiger partial charge in [0.2, 0.25) is 0 Å². The summed E-state index contributed by atoms with van der Waals surface area (Å²) in [5.74, 6) is 0. The van der Waals surface area contributed by atoms with Gasteiger partial charge in [0.25, 0.3) is 0 Å². The molecule has 3 heterocycles. The van der Waals surface area contributed by atoms with Gasteiger partial charge in [-0.15, -0.1) is 5.10 Å². The molecule has 5 aromatic rings. The van der Waals surface area contributed by atoms with E-state index in [9.17, 15) is 0 Å². The summed E-state index contributed by atoms with van der Waals surface area (Å²) < 4.78 is 1.97. The highest BCUT2D eigenvalue weighted by Crippen LogP contribution is 2.30. The standard InChI is InChI=1S/C22H16ClN5/c1-14(15-5-3-2-4-6-15)28-22-18-11-16(17-8-10-21(23)25-12-17)7-9-19(18)24-13-20(22)26-27-28/h2-14H,1H3/t14-/m0/s1. The Morgan fingerprint density at radius 1 is 0.857 bits per heavy atom. The number of nitrogens with zero attached hydrogens (tertiary/aromatic N) is 5. The lowest BCUT2D eigenvalue weighted by molar-refractivity contribution is 0.561. The number of rotatable bonds is 3. The molecule has 28 heavy (non-hydrogen) atoms. The highest BCUT2D eigenvalue weighted by molar-refractivity contribution is 6.29. The smallest absolute Gasteiger partial charge is 0.132 e. The van der Waals surface area contributed by atoms with Crippen LogP contribution in [-0.4, -0.2) is 25.0 Å². The number of aromatic nitrogens is 5. The van der Waals surface area contributed by atoms with Crippen LogP contribution < -0.4 is 0 Å². The van der Waals surface area contributed by atoms with E-state index in [0.717, 1.165) is 33.1 Å². The van der Waals surface area contributed by atoms with Crippen LogP contribution in [0.3, 0.4) is 0 Å². The number of pyridine rings is 2. The number of fused-ring (bicyclic) bond motifs is 3. The molecule has 0 aliphatic rings. The molecule has 3 aromatic heterocycles. The first-order chi connectivity index (χ1) is 13.7. The van der Waals surface area contributed by atoms with Crippen molar-refractivity contribution in [3.8, 4) is 11.1 Å². The fourth-order valence-corrected chi connectivity index (χ4v) is 3.60. The second-order valence-electron chi connectivity index (χ2n) is 6.71. The molecule has 0 N–H and O–H groups in total. The predicted octanol–water partition coefficient (Wildman–Crippen LogP) is 5.30. The lowest BCUT2D eigenvalue weighted by atomic mass is 10.0. The Morgan fingerprint density at radius 3 is 2.46 bits per heavy atom. The van der Waals surface area contributed by atoms with E-state index in [1.54, 1.807) is 18.5 Å². The summed E-state index contributed by atoms with van der Waals surface area (Å²) in [7, 11) is 0. The second kappa shape index (κ2) is 6.69. The van der Waals surface area contributed by atoms with Crippen LogP contribution in [-0.2, 0) is 0 Å². The molecule has 0 aliphatic heterocycles. The second-order valence-corrected chi connectivity index (χ2v) is 7.10. The lowest BCUT2D eigenvalue weighted by Crippen LogP contribution is -2.08. The van der Waals surface area contributed by atoms with Crippen molar-refractivity contribution in [1.29, 1.82) is 0 Å². The van der Waals surface area contributed by atoms with Crippen LogP contribution in [0.2, 0.25) is 5.15 Å². The average Bonchev–Trinajstić information content (AvgIpc) is 3.19. The summed E-state index contributed by atoms with van der Waals surface area (Å²) in [6, 6.07) is 20.3. The highest BCUT2D eigenvalue weighted by Gasteiger charge is 2.16. The first kappa shape index (κ1) is 16.8. The van der Waals surface area contributed by atoms with Gasteiger partial charge in [0.05, 0.1) is 17.8 Å². The quantitative estimate of drug-likeness (QED) is 0.395. The van der Waals surface area contributed by atoms with Crippen LogP contribution in [0.1, 0.15) is 18.5 Å². The van der Waals surface area contributed by atoms with Crippen molar-refractivity contribution in [3.05, 3.63) is 83.8 Å². The van der Waals surface area contributed by atoms with E-state index in [1.165, 1.54) is 5.56 Å². The summed E-state index contributed by atoms with van der Waals surface area (Å²) in [5, 5.41) is 10.3. The van der Waals surface area contributed by atoms with Crippen LogP contribution in [0.4, 0.5) is 0 Å². The molecule has 136 valence electrons. The third-order valence-corrected chi connectivity index (χ3v) is 5.23. The Hall–Kier alpha value is -3.31. The van der Waals surface area contributed by atoms with E-state index in [1.807, 2.05) is 41.1 Å². The van der Waals surface area contributed by atoms with Crippen molar-refractivity contribution in [2.45, 2.75) is 13.0 Å². The van der Waals surface area contributed by atoms with Crippen LogP contribution in [0, 0.1) is 0 Å². The molecule has 6 heteroatoms. The number of halogens is 1. The van der Waals surface area contributed by atoms with Gasteiger partial charge in [-0.2, -0.15) is 0 Å². The van der Waals surface area contributed by atoms with Gasteiger partial charge >= 0.3 is 0 Å². The third-order valence-electron chi connectivity index (χ3n) is 5.01. The van der Waals surface area contributed by atoms with E-state index in [-0.39, 0.29) is 6.04 Å². The van der Waals surface area contributed by atoms with Crippen molar-refractivity contribution >= 4 is 33.5 Å². The van der Waals surface area contributed by atoms with Gasteiger partial charge in [0.15, 0.2) is 0 Å². The molecule has 0 radical (unpaired) electrons. The largest absolute Gasteiger partial charge is 0.254 e. The fraction of sp³-hybridized carbons (Fsp3) is 0.0909. The number of hydrogen-bond donors (Lipinski definition) is 0. The van der Waals surface area contributed by atoms with Gasteiger partial charge in [0, 0.05) is 17.1 Å². The van der Waals surface area contributed by atoms with Crippen molar-refractivity contribution in [1.82, 2.24) is 25.0 Å². The maximum Gasteiger partial charge on any atom is 0.132 e. The van der Waals surface area contributed by atoms with Crippen molar-refractivity contribution in [2.24, 2.45) is 0 Å². The molecule has 0 saturated heterocycles. The maximum absolute atomic E-state index is 5.93. The van der Waals surface area contributed by atoms with Gasteiger partial charge < -0.3 is 0 Å². The predicted molar refractivity (Wildman–Crippen MR) is 111 cm³/mol. The van der Waals surface area contributed by atoms with Gasteiger partial charge in [0.1, 0.15) is 16.2 Å². The first-order valence-corrected chi connectivity index (χ1v) is 9.39. The summed E-state index contributed by atoms with van der Waals surface area (Å²) >= 11 is 5.93. The molecule has 0 bridgehead atoms. The normalized spacial score (nSPS) is 12.5. The average molecular weight is 386 g/mol. The summed E-state index contributed by atoms with van der Waals surface area (Å²) in [6.45, 7) is 2.13. The van der Waals surface area contributed by atoms with Crippen molar-refractivity contribution in [2.75, 3.05) is 0 Å². The molecule has 0 fully saturated rings. The van der Waals surface area contributed by atoms with Crippen LogP contribution >= 0.6 is 11.6 Å². The van der Waals surface area contributed by atoms with Crippen LogP contribution in [0.25, 0.3) is 33.1 Å². The third kappa shape index (κ3) is 2.80. The lowest BCUT2D eigenvalue weighted by Gasteiger charge is -2.14. The van der Waals surface area contributed by atoms with Crippen LogP contribution in [0.5, 0.6) is 0 Å². The molecule has 2 aromatic carbocycles. The molecule has 0 aliphatic carbocycles. The molecule has 0 unspecified atom stereocenters. The molecule has 5 nitrogen and oxygen atoms in total.